The summed E-state index contributed by atoms with van der Waals surface area (Å²) >= 11 is 0. The number of carbonyl (C=O) groups excluding carboxylic acids is 1. The molecule has 28 heavy (non-hydrogen) atoms. The highest BCUT2D eigenvalue weighted by Crippen LogP contribution is 2.20. The quantitative estimate of drug-likeness (QED) is 0.496. The van der Waals surface area contributed by atoms with Gasteiger partial charge in [-0.2, -0.15) is 10.4 Å². The van der Waals surface area contributed by atoms with Crippen LogP contribution in [0.4, 0.5) is 0 Å². The van der Waals surface area contributed by atoms with Crippen molar-refractivity contribution in [3.8, 4) is 6.07 Å². The molecule has 138 valence electrons. The number of aliphatic carboxylic acids is 1. The Balaban J connectivity index is 1.64. The van der Waals surface area contributed by atoms with Crippen molar-refractivity contribution in [2.45, 2.75) is 12.5 Å². The summed E-state index contributed by atoms with van der Waals surface area (Å²) < 4.78 is 1.63. The van der Waals surface area contributed by atoms with Crippen molar-refractivity contribution in [2.75, 3.05) is 0 Å². The average Bonchev–Trinajstić information content (AvgIpc) is 3.25. The highest BCUT2D eigenvalue weighted by atomic mass is 16.4. The van der Waals surface area contributed by atoms with Crippen molar-refractivity contribution < 1.29 is 14.7 Å². The molecule has 0 fully saturated rings. The van der Waals surface area contributed by atoms with Crippen LogP contribution in [0.15, 0.2) is 54.6 Å². The molecule has 0 bridgehead atoms. The van der Waals surface area contributed by atoms with Gasteiger partial charge in [0, 0.05) is 6.07 Å². The van der Waals surface area contributed by atoms with Gasteiger partial charge in [0.2, 0.25) is 0 Å². The number of nitrogens with zero attached hydrogens (tertiary/aromatic N) is 3. The summed E-state index contributed by atoms with van der Waals surface area (Å²) in [5.41, 5.74) is 3.50. The SMILES string of the molecule is N#Cc1cccc([C@H](CC(=O)O)NC(=O)c2cc3[nH]c4ccccc4n3n2)c1. The highest BCUT2D eigenvalue weighted by molar-refractivity contribution is 5.95. The van der Waals surface area contributed by atoms with E-state index < -0.39 is 17.9 Å². The molecule has 0 saturated heterocycles. The van der Waals surface area contributed by atoms with Gasteiger partial charge >= 0.3 is 5.97 Å². The molecule has 8 heteroatoms. The van der Waals surface area contributed by atoms with Crippen molar-refractivity contribution in [1.29, 1.82) is 5.26 Å². The third kappa shape index (κ3) is 3.17. The lowest BCUT2D eigenvalue weighted by Gasteiger charge is -2.17. The molecular formula is C20H15N5O3. The van der Waals surface area contributed by atoms with Crippen LogP contribution >= 0.6 is 0 Å². The largest absolute Gasteiger partial charge is 0.481 e. The van der Waals surface area contributed by atoms with Gasteiger partial charge in [-0.05, 0) is 29.8 Å². The number of carboxylic acids is 1. The van der Waals surface area contributed by atoms with E-state index in [-0.39, 0.29) is 12.1 Å². The van der Waals surface area contributed by atoms with Crippen molar-refractivity contribution >= 4 is 28.6 Å². The Kier molecular flexibility index (Phi) is 4.26. The molecule has 0 aliphatic carbocycles. The fraction of sp³-hybridized carbons (Fsp3) is 0.100. The summed E-state index contributed by atoms with van der Waals surface area (Å²) in [7, 11) is 0. The summed E-state index contributed by atoms with van der Waals surface area (Å²) in [5.74, 6) is -1.55. The molecule has 4 aromatic rings. The number of rotatable bonds is 5. The number of aromatic amines is 1. The maximum atomic E-state index is 12.7. The number of hydrogen-bond acceptors (Lipinski definition) is 4. The van der Waals surface area contributed by atoms with Gasteiger partial charge in [0.25, 0.3) is 5.91 Å². The van der Waals surface area contributed by atoms with Gasteiger partial charge in [-0.25, -0.2) is 4.52 Å². The molecule has 1 amide bonds. The second kappa shape index (κ2) is 6.89. The second-order valence-corrected chi connectivity index (χ2v) is 6.33. The van der Waals surface area contributed by atoms with E-state index in [4.69, 9.17) is 5.26 Å². The van der Waals surface area contributed by atoms with E-state index in [2.05, 4.69) is 15.4 Å². The molecule has 0 radical (unpaired) electrons. The van der Waals surface area contributed by atoms with E-state index in [1.165, 1.54) is 0 Å². The predicted molar refractivity (Wildman–Crippen MR) is 101 cm³/mol. The minimum Gasteiger partial charge on any atom is -0.481 e. The molecule has 1 atom stereocenters. The number of nitriles is 1. The number of aromatic nitrogens is 3. The topological polar surface area (TPSA) is 123 Å². The van der Waals surface area contributed by atoms with Gasteiger partial charge in [-0.1, -0.05) is 24.3 Å². The van der Waals surface area contributed by atoms with Gasteiger partial charge in [0.1, 0.15) is 5.65 Å². The Morgan fingerprint density at radius 3 is 2.82 bits per heavy atom. The normalized spacial score (nSPS) is 12.0. The molecule has 0 saturated carbocycles. The molecule has 0 aliphatic heterocycles. The summed E-state index contributed by atoms with van der Waals surface area (Å²) in [6.07, 6.45) is -0.310. The van der Waals surface area contributed by atoms with Gasteiger partial charge in [0.15, 0.2) is 5.69 Å². The Morgan fingerprint density at radius 2 is 2.04 bits per heavy atom. The summed E-state index contributed by atoms with van der Waals surface area (Å²) in [6.45, 7) is 0. The van der Waals surface area contributed by atoms with Crippen molar-refractivity contribution in [3.05, 3.63) is 71.4 Å². The van der Waals surface area contributed by atoms with Gasteiger partial charge in [-0.3, -0.25) is 9.59 Å². The fourth-order valence-electron chi connectivity index (χ4n) is 3.15. The number of H-pyrrole nitrogens is 1. The fourth-order valence-corrected chi connectivity index (χ4v) is 3.15. The number of amides is 1. The van der Waals surface area contributed by atoms with Crippen LogP contribution in [0.5, 0.6) is 0 Å². The number of carbonyl (C=O) groups is 2. The van der Waals surface area contributed by atoms with E-state index in [0.717, 1.165) is 11.0 Å². The number of fused-ring (bicyclic) bond motifs is 3. The third-order valence-electron chi connectivity index (χ3n) is 4.44. The number of hydrogen-bond donors (Lipinski definition) is 3. The molecule has 2 aromatic carbocycles. The summed E-state index contributed by atoms with van der Waals surface area (Å²) in [6, 6.07) is 16.9. The van der Waals surface area contributed by atoms with E-state index in [1.807, 2.05) is 30.3 Å². The van der Waals surface area contributed by atoms with Crippen LogP contribution in [-0.4, -0.2) is 31.6 Å². The first kappa shape index (κ1) is 17.3. The second-order valence-electron chi connectivity index (χ2n) is 6.33. The molecule has 8 nitrogen and oxygen atoms in total. The molecule has 4 rings (SSSR count). The molecular weight excluding hydrogens is 358 g/mol. The van der Waals surface area contributed by atoms with Gasteiger partial charge in [-0.15, -0.1) is 0 Å². The number of para-hydroxylation sites is 2. The lowest BCUT2D eigenvalue weighted by molar-refractivity contribution is -0.137. The minimum atomic E-state index is -1.06. The molecule has 0 unspecified atom stereocenters. The first-order valence-corrected chi connectivity index (χ1v) is 8.54. The lowest BCUT2D eigenvalue weighted by Crippen LogP contribution is -2.30. The zero-order valence-corrected chi connectivity index (χ0v) is 14.6. The van der Waals surface area contributed by atoms with Crippen LogP contribution in [0.2, 0.25) is 0 Å². The standard InChI is InChI=1S/C20H15N5O3/c21-11-12-4-3-5-13(8-12)15(10-19(26)27)23-20(28)16-9-18-22-14-6-1-2-7-17(14)25(18)24-16/h1-9,15,22H,10H2,(H,23,28)(H,26,27)/t15-/m0/s1. The van der Waals surface area contributed by atoms with Gasteiger partial charge < -0.3 is 15.4 Å². The Morgan fingerprint density at radius 1 is 1.21 bits per heavy atom. The average molecular weight is 373 g/mol. The van der Waals surface area contributed by atoms with Crippen LogP contribution in [-0.2, 0) is 4.79 Å². The minimum absolute atomic E-state index is 0.170. The van der Waals surface area contributed by atoms with Crippen LogP contribution in [0, 0.1) is 11.3 Å². The molecule has 2 heterocycles. The maximum absolute atomic E-state index is 12.7. The smallest absolute Gasteiger partial charge is 0.305 e. The van der Waals surface area contributed by atoms with Crippen LogP contribution in [0.1, 0.15) is 34.1 Å². The zero-order chi connectivity index (χ0) is 19.7. The predicted octanol–water partition coefficient (Wildman–Crippen LogP) is 2.63. The Labute approximate surface area is 159 Å². The van der Waals surface area contributed by atoms with Gasteiger partial charge in [0.05, 0.1) is 35.1 Å². The maximum Gasteiger partial charge on any atom is 0.305 e. The van der Waals surface area contributed by atoms with Crippen LogP contribution < -0.4 is 5.32 Å². The Hall–Kier alpha value is -4.12. The van der Waals surface area contributed by atoms with E-state index in [1.54, 1.807) is 34.8 Å². The summed E-state index contributed by atoms with van der Waals surface area (Å²) in [4.78, 5) is 27.1. The first-order chi connectivity index (χ1) is 13.5. The molecule has 0 aliphatic rings. The van der Waals surface area contributed by atoms with Crippen molar-refractivity contribution in [3.63, 3.8) is 0 Å². The lowest BCUT2D eigenvalue weighted by atomic mass is 10.0. The molecule has 2 aromatic heterocycles. The van der Waals surface area contributed by atoms with E-state index in [9.17, 15) is 14.7 Å². The first-order valence-electron chi connectivity index (χ1n) is 8.54. The summed E-state index contributed by atoms with van der Waals surface area (Å²) in [5, 5.41) is 25.3. The molecule has 0 spiro atoms. The Bertz CT molecular complexity index is 1250. The van der Waals surface area contributed by atoms with E-state index >= 15 is 0 Å². The number of imidazole rings is 1. The van der Waals surface area contributed by atoms with Crippen LogP contribution in [0.3, 0.4) is 0 Å². The monoisotopic (exact) mass is 373 g/mol. The molecule has 3 N–H and O–H groups in total. The van der Waals surface area contributed by atoms with E-state index in [0.29, 0.717) is 16.8 Å². The highest BCUT2D eigenvalue weighted by Gasteiger charge is 2.21. The number of nitrogens with one attached hydrogen (secondary N) is 2. The van der Waals surface area contributed by atoms with Crippen molar-refractivity contribution in [2.24, 2.45) is 0 Å². The van der Waals surface area contributed by atoms with Crippen molar-refractivity contribution in [1.82, 2.24) is 19.9 Å². The number of carboxylic acid groups (broad SMARTS) is 1. The zero-order valence-electron chi connectivity index (χ0n) is 14.6. The van der Waals surface area contributed by atoms with Crippen LogP contribution in [0.25, 0.3) is 16.7 Å². The third-order valence-corrected chi connectivity index (χ3v) is 4.44. The number of benzene rings is 2.